The molecule has 204 valence electrons. The van der Waals surface area contributed by atoms with Gasteiger partial charge in [-0.2, -0.15) is 18.3 Å². The van der Waals surface area contributed by atoms with Crippen LogP contribution in [-0.4, -0.2) is 50.8 Å². The van der Waals surface area contributed by atoms with Crippen molar-refractivity contribution in [3.8, 4) is 28.3 Å². The summed E-state index contributed by atoms with van der Waals surface area (Å²) in [6.45, 7) is 6.38. The minimum atomic E-state index is -4.64. The maximum absolute atomic E-state index is 13.4. The van der Waals surface area contributed by atoms with E-state index < -0.39 is 23.1 Å². The summed E-state index contributed by atoms with van der Waals surface area (Å²) in [5.74, 6) is -0.185. The first-order valence-corrected chi connectivity index (χ1v) is 12.3. The average molecular weight is 541 g/mol. The van der Waals surface area contributed by atoms with Gasteiger partial charge in [0.2, 0.25) is 5.91 Å². The highest BCUT2D eigenvalue weighted by Crippen LogP contribution is 2.36. The van der Waals surface area contributed by atoms with Gasteiger partial charge < -0.3 is 20.5 Å². The molecule has 1 amide bonds. The SMILES string of the molecule is Cc1nc2ccc(-c3ccc(OCC4(NC(=O)C(C)C)COC4)cc3)nn2c1-c1cnc(N)c(C(F)(F)F)c1. The normalized spacial score (nSPS) is 14.8. The first kappa shape index (κ1) is 26.4. The number of aromatic nitrogens is 4. The van der Waals surface area contributed by atoms with E-state index in [1.54, 1.807) is 31.2 Å². The lowest BCUT2D eigenvalue weighted by Crippen LogP contribution is -2.66. The Bertz CT molecular complexity index is 1530. The van der Waals surface area contributed by atoms with Gasteiger partial charge in [0.05, 0.1) is 35.9 Å². The van der Waals surface area contributed by atoms with Gasteiger partial charge in [0.25, 0.3) is 0 Å². The molecule has 1 fully saturated rings. The molecule has 0 radical (unpaired) electrons. The molecule has 0 unspecified atom stereocenters. The van der Waals surface area contributed by atoms with Gasteiger partial charge in [0.1, 0.15) is 23.7 Å². The van der Waals surface area contributed by atoms with Gasteiger partial charge in [-0.15, -0.1) is 0 Å². The molecule has 1 aromatic carbocycles. The molecule has 39 heavy (non-hydrogen) atoms. The minimum absolute atomic E-state index is 0.0581. The number of ether oxygens (including phenoxy) is 2. The Morgan fingerprint density at radius 3 is 2.51 bits per heavy atom. The molecule has 0 atom stereocenters. The number of hydrogen-bond acceptors (Lipinski definition) is 7. The Morgan fingerprint density at radius 2 is 1.90 bits per heavy atom. The molecule has 1 aliphatic rings. The van der Waals surface area contributed by atoms with Crippen LogP contribution in [0.15, 0.2) is 48.7 Å². The standard InChI is InChI=1S/C27H27F3N6O3/c1-15(2)25(37)34-26(12-38-13-26)14-39-19-6-4-17(5-7-19)21-8-9-22-33-16(3)23(36(22)35-21)18-10-20(27(28,29)30)24(31)32-11-18/h4-11,15H,12-14H2,1-3H3,(H2,31,32)(H,34,37). The van der Waals surface area contributed by atoms with Crippen molar-refractivity contribution < 1.29 is 27.4 Å². The number of hydrogen-bond donors (Lipinski definition) is 2. The number of halogens is 3. The lowest BCUT2D eigenvalue weighted by molar-refractivity contribution is -0.139. The zero-order valence-corrected chi connectivity index (χ0v) is 21.5. The summed E-state index contributed by atoms with van der Waals surface area (Å²) in [5.41, 5.74) is 6.84. The number of anilines is 1. The second kappa shape index (κ2) is 9.84. The molecule has 0 aliphatic carbocycles. The molecule has 12 heteroatoms. The molecule has 5 rings (SSSR count). The fourth-order valence-electron chi connectivity index (χ4n) is 4.25. The summed E-state index contributed by atoms with van der Waals surface area (Å²) in [7, 11) is 0. The molecule has 0 spiro atoms. The highest BCUT2D eigenvalue weighted by atomic mass is 19.4. The summed E-state index contributed by atoms with van der Waals surface area (Å²) in [6.07, 6.45) is -3.36. The van der Waals surface area contributed by atoms with E-state index in [1.807, 2.05) is 26.0 Å². The molecule has 0 bridgehead atoms. The van der Waals surface area contributed by atoms with Crippen molar-refractivity contribution in [3.05, 3.63) is 59.9 Å². The predicted molar refractivity (Wildman–Crippen MR) is 138 cm³/mol. The van der Waals surface area contributed by atoms with Crippen molar-refractivity contribution in [2.24, 2.45) is 5.92 Å². The quantitative estimate of drug-likeness (QED) is 0.359. The van der Waals surface area contributed by atoms with Crippen LogP contribution in [0.4, 0.5) is 19.0 Å². The Balaban J connectivity index is 1.39. The number of benzene rings is 1. The molecule has 3 N–H and O–H groups in total. The Labute approximate surface area is 222 Å². The van der Waals surface area contributed by atoms with Crippen LogP contribution in [0.3, 0.4) is 0 Å². The summed E-state index contributed by atoms with van der Waals surface area (Å²) in [4.78, 5) is 20.4. The van der Waals surface area contributed by atoms with Gasteiger partial charge in [-0.1, -0.05) is 13.8 Å². The van der Waals surface area contributed by atoms with Crippen molar-refractivity contribution in [1.82, 2.24) is 24.9 Å². The van der Waals surface area contributed by atoms with Gasteiger partial charge in [0, 0.05) is 23.2 Å². The number of pyridine rings is 1. The Hall–Kier alpha value is -4.19. The molecular weight excluding hydrogens is 513 g/mol. The van der Waals surface area contributed by atoms with E-state index in [0.717, 1.165) is 11.6 Å². The predicted octanol–water partition coefficient (Wildman–Crippen LogP) is 4.29. The molecular formula is C27H27F3N6O3. The highest BCUT2D eigenvalue weighted by Gasteiger charge is 2.41. The molecule has 0 saturated carbocycles. The number of fused-ring (bicyclic) bond motifs is 1. The Morgan fingerprint density at radius 1 is 1.18 bits per heavy atom. The highest BCUT2D eigenvalue weighted by molar-refractivity contribution is 5.79. The zero-order valence-electron chi connectivity index (χ0n) is 21.5. The number of nitrogens with one attached hydrogen (secondary N) is 1. The van der Waals surface area contributed by atoms with Crippen LogP contribution in [0.1, 0.15) is 25.1 Å². The topological polar surface area (TPSA) is 117 Å². The largest absolute Gasteiger partial charge is 0.491 e. The average Bonchev–Trinajstić information content (AvgIpc) is 3.20. The van der Waals surface area contributed by atoms with Crippen LogP contribution in [0.2, 0.25) is 0 Å². The van der Waals surface area contributed by atoms with E-state index in [4.69, 9.17) is 15.2 Å². The number of nitrogens with two attached hydrogens (primary N) is 1. The monoisotopic (exact) mass is 540 g/mol. The molecule has 4 heterocycles. The molecule has 3 aromatic heterocycles. The van der Waals surface area contributed by atoms with Gasteiger partial charge in [-0.25, -0.2) is 14.5 Å². The van der Waals surface area contributed by atoms with Crippen molar-refractivity contribution in [2.45, 2.75) is 32.5 Å². The third-order valence-electron chi connectivity index (χ3n) is 6.48. The van der Waals surface area contributed by atoms with Crippen LogP contribution >= 0.6 is 0 Å². The van der Waals surface area contributed by atoms with Crippen molar-refractivity contribution in [2.75, 3.05) is 25.6 Å². The maximum atomic E-state index is 13.4. The van der Waals surface area contributed by atoms with Crippen LogP contribution in [0, 0.1) is 12.8 Å². The number of carbonyl (C=O) groups excluding carboxylic acids is 1. The number of rotatable bonds is 7. The van der Waals surface area contributed by atoms with E-state index in [2.05, 4.69) is 20.4 Å². The smallest absolute Gasteiger partial charge is 0.419 e. The summed E-state index contributed by atoms with van der Waals surface area (Å²) in [6, 6.07) is 11.7. The summed E-state index contributed by atoms with van der Waals surface area (Å²) < 4.78 is 53.1. The lowest BCUT2D eigenvalue weighted by atomic mass is 9.97. The number of aryl methyl sites for hydroxylation is 1. The van der Waals surface area contributed by atoms with Crippen LogP contribution < -0.4 is 15.8 Å². The fraction of sp³-hybridized carbons (Fsp3) is 0.333. The van der Waals surface area contributed by atoms with E-state index in [-0.39, 0.29) is 24.0 Å². The summed E-state index contributed by atoms with van der Waals surface area (Å²) in [5, 5.41) is 7.66. The first-order chi connectivity index (χ1) is 18.5. The van der Waals surface area contributed by atoms with Gasteiger partial charge in [-0.3, -0.25) is 4.79 Å². The number of carbonyl (C=O) groups is 1. The van der Waals surface area contributed by atoms with E-state index >= 15 is 0 Å². The second-order valence-electron chi connectivity index (χ2n) is 9.92. The number of alkyl halides is 3. The number of nitrogen functional groups attached to an aromatic ring is 1. The molecule has 4 aromatic rings. The third-order valence-corrected chi connectivity index (χ3v) is 6.48. The molecule has 9 nitrogen and oxygen atoms in total. The van der Waals surface area contributed by atoms with Crippen molar-refractivity contribution in [1.29, 1.82) is 0 Å². The second-order valence-corrected chi connectivity index (χ2v) is 9.92. The van der Waals surface area contributed by atoms with E-state index in [1.165, 1.54) is 10.7 Å². The van der Waals surface area contributed by atoms with E-state index in [0.29, 0.717) is 41.7 Å². The first-order valence-electron chi connectivity index (χ1n) is 12.3. The van der Waals surface area contributed by atoms with Crippen LogP contribution in [-0.2, 0) is 15.7 Å². The Kier molecular flexibility index (Phi) is 6.67. The molecule has 1 aliphatic heterocycles. The van der Waals surface area contributed by atoms with Gasteiger partial charge >= 0.3 is 6.18 Å². The third kappa shape index (κ3) is 5.24. The summed E-state index contributed by atoms with van der Waals surface area (Å²) >= 11 is 0. The minimum Gasteiger partial charge on any atom is -0.491 e. The van der Waals surface area contributed by atoms with Crippen molar-refractivity contribution >= 4 is 17.4 Å². The number of amides is 1. The van der Waals surface area contributed by atoms with Gasteiger partial charge in [0.15, 0.2) is 5.65 Å². The molecule has 1 saturated heterocycles. The van der Waals surface area contributed by atoms with Crippen LogP contribution in [0.25, 0.3) is 28.2 Å². The van der Waals surface area contributed by atoms with Crippen molar-refractivity contribution in [3.63, 3.8) is 0 Å². The number of nitrogens with zero attached hydrogens (tertiary/aromatic N) is 4. The zero-order chi connectivity index (χ0) is 27.9. The fourth-order valence-corrected chi connectivity index (χ4v) is 4.25. The number of imidazole rings is 1. The maximum Gasteiger partial charge on any atom is 0.419 e. The van der Waals surface area contributed by atoms with Gasteiger partial charge in [-0.05, 0) is 49.4 Å². The lowest BCUT2D eigenvalue weighted by Gasteiger charge is -2.41. The van der Waals surface area contributed by atoms with Crippen LogP contribution in [0.5, 0.6) is 5.75 Å². The van der Waals surface area contributed by atoms with E-state index in [9.17, 15) is 18.0 Å².